The molecular formula is C32H30O13. The molecule has 2 heterocycles. The van der Waals surface area contributed by atoms with Gasteiger partial charge in [0.05, 0.1) is 19.8 Å². The number of carbonyl (C=O) groups is 1. The SMILES string of the molecule is COc1cc(C=CC(=O)OC[C@H]2O[C@@H](c3c(OC)cc4oc(-c5ccc(O)cc5)cc(=O)c4c3O)[C@H](O)[C@@H](O)[C@@H]2O)ccc1O. The van der Waals surface area contributed by atoms with E-state index in [1.165, 1.54) is 68.8 Å². The Kier molecular flexibility index (Phi) is 8.97. The van der Waals surface area contributed by atoms with Crippen molar-refractivity contribution in [3.05, 3.63) is 82.0 Å². The lowest BCUT2D eigenvalue weighted by Crippen LogP contribution is -2.55. The number of aliphatic hydroxyl groups is 3. The first-order valence-corrected chi connectivity index (χ1v) is 13.6. The van der Waals surface area contributed by atoms with Crippen LogP contribution in [0.1, 0.15) is 17.2 Å². The van der Waals surface area contributed by atoms with Crippen LogP contribution < -0.4 is 14.9 Å². The highest BCUT2D eigenvalue weighted by molar-refractivity contribution is 5.88. The minimum atomic E-state index is -1.81. The van der Waals surface area contributed by atoms with Crippen LogP contribution in [0.5, 0.6) is 28.7 Å². The average molecular weight is 623 g/mol. The van der Waals surface area contributed by atoms with Gasteiger partial charge in [0.25, 0.3) is 0 Å². The van der Waals surface area contributed by atoms with Crippen molar-refractivity contribution in [1.29, 1.82) is 0 Å². The van der Waals surface area contributed by atoms with Gasteiger partial charge in [0.1, 0.15) is 71.1 Å². The van der Waals surface area contributed by atoms with E-state index in [2.05, 4.69) is 0 Å². The molecule has 5 atom stereocenters. The Bertz CT molecular complexity index is 1790. The van der Waals surface area contributed by atoms with Crippen LogP contribution in [-0.4, -0.2) is 81.9 Å². The van der Waals surface area contributed by atoms with Gasteiger partial charge in [0, 0.05) is 23.8 Å². The standard InChI is InChI=1S/C32H30O13/c1-41-21-11-15(3-9-18(21)34)4-10-25(36)43-14-24-28(37)30(39)31(40)32(45-24)27-22(42-2)13-23-26(29(27)38)19(35)12-20(44-23)16-5-7-17(33)8-6-16/h3-13,24,28,30-34,37-40H,14H2,1-2H3/t24-,28-,30+,31-,32+/m1/s1. The number of aliphatic hydroxyl groups excluding tert-OH is 3. The van der Waals surface area contributed by atoms with Gasteiger partial charge >= 0.3 is 5.97 Å². The quantitative estimate of drug-likeness (QED) is 0.123. The molecule has 1 saturated heterocycles. The monoisotopic (exact) mass is 622 g/mol. The maximum Gasteiger partial charge on any atom is 0.330 e. The van der Waals surface area contributed by atoms with Crippen molar-refractivity contribution in [3.63, 3.8) is 0 Å². The zero-order valence-electron chi connectivity index (χ0n) is 24.0. The number of benzene rings is 3. The topological polar surface area (TPSA) is 206 Å². The second kappa shape index (κ2) is 12.9. The third-order valence-electron chi connectivity index (χ3n) is 7.37. The van der Waals surface area contributed by atoms with Gasteiger partial charge in [-0.2, -0.15) is 0 Å². The molecule has 3 aromatic carbocycles. The van der Waals surface area contributed by atoms with Crippen LogP contribution in [0.15, 0.2) is 69.9 Å². The van der Waals surface area contributed by atoms with Crippen LogP contribution in [0.3, 0.4) is 0 Å². The summed E-state index contributed by atoms with van der Waals surface area (Å²) in [4.78, 5) is 25.6. The molecule has 5 rings (SSSR count). The number of hydrogen-bond acceptors (Lipinski definition) is 13. The summed E-state index contributed by atoms with van der Waals surface area (Å²) < 4.78 is 27.4. The Morgan fingerprint density at radius 1 is 0.889 bits per heavy atom. The lowest BCUT2D eigenvalue weighted by molar-refractivity contribution is -0.234. The summed E-state index contributed by atoms with van der Waals surface area (Å²) in [6.45, 7) is -0.557. The van der Waals surface area contributed by atoms with Crippen molar-refractivity contribution < 1.29 is 58.8 Å². The van der Waals surface area contributed by atoms with Crippen LogP contribution >= 0.6 is 0 Å². The maximum absolute atomic E-state index is 13.2. The van der Waals surface area contributed by atoms with E-state index in [1.807, 2.05) is 0 Å². The third-order valence-corrected chi connectivity index (χ3v) is 7.37. The number of esters is 1. The minimum Gasteiger partial charge on any atom is -0.508 e. The smallest absolute Gasteiger partial charge is 0.330 e. The molecule has 0 spiro atoms. The Balaban J connectivity index is 1.41. The first kappa shape index (κ1) is 31.3. The first-order chi connectivity index (χ1) is 21.5. The van der Waals surface area contributed by atoms with Gasteiger partial charge in [0.2, 0.25) is 0 Å². The van der Waals surface area contributed by atoms with E-state index in [0.29, 0.717) is 11.1 Å². The molecule has 6 N–H and O–H groups in total. The molecule has 1 aliphatic heterocycles. The Labute approximate surface area is 255 Å². The molecule has 0 aliphatic carbocycles. The molecule has 0 unspecified atom stereocenters. The maximum atomic E-state index is 13.2. The van der Waals surface area contributed by atoms with E-state index in [4.69, 9.17) is 23.4 Å². The van der Waals surface area contributed by atoms with Gasteiger partial charge in [-0.1, -0.05) is 6.07 Å². The second-order valence-electron chi connectivity index (χ2n) is 10.2. The van der Waals surface area contributed by atoms with Gasteiger partial charge in [-0.3, -0.25) is 4.79 Å². The van der Waals surface area contributed by atoms with Gasteiger partial charge in [0.15, 0.2) is 16.9 Å². The van der Waals surface area contributed by atoms with E-state index in [9.17, 15) is 40.2 Å². The number of aromatic hydroxyl groups is 3. The summed E-state index contributed by atoms with van der Waals surface area (Å²) in [6, 6.07) is 12.8. The summed E-state index contributed by atoms with van der Waals surface area (Å²) in [5, 5.41) is 62.4. The van der Waals surface area contributed by atoms with Gasteiger partial charge in [-0.25, -0.2) is 4.79 Å². The molecule has 4 aromatic rings. The first-order valence-electron chi connectivity index (χ1n) is 13.6. The van der Waals surface area contributed by atoms with Crippen molar-refractivity contribution in [2.24, 2.45) is 0 Å². The fourth-order valence-corrected chi connectivity index (χ4v) is 5.01. The number of carbonyl (C=O) groups excluding carboxylic acids is 1. The Morgan fingerprint density at radius 2 is 1.60 bits per heavy atom. The van der Waals surface area contributed by atoms with E-state index in [1.54, 1.807) is 0 Å². The summed E-state index contributed by atoms with van der Waals surface area (Å²) >= 11 is 0. The van der Waals surface area contributed by atoms with Gasteiger partial charge < -0.3 is 54.0 Å². The van der Waals surface area contributed by atoms with Crippen molar-refractivity contribution in [3.8, 4) is 40.1 Å². The molecule has 45 heavy (non-hydrogen) atoms. The second-order valence-corrected chi connectivity index (χ2v) is 10.2. The van der Waals surface area contributed by atoms with E-state index < -0.39 is 54.3 Å². The molecule has 13 nitrogen and oxygen atoms in total. The predicted octanol–water partition coefficient (Wildman–Crippen LogP) is 2.37. The van der Waals surface area contributed by atoms with Gasteiger partial charge in [-0.15, -0.1) is 0 Å². The van der Waals surface area contributed by atoms with Crippen molar-refractivity contribution in [1.82, 2.24) is 0 Å². The lowest BCUT2D eigenvalue weighted by atomic mass is 9.89. The number of phenols is 3. The molecule has 0 bridgehead atoms. The summed E-state index contributed by atoms with van der Waals surface area (Å²) in [7, 11) is 2.64. The Hall–Kier alpha value is -5.08. The van der Waals surface area contributed by atoms with Crippen LogP contribution in [0, 0.1) is 0 Å². The van der Waals surface area contributed by atoms with Crippen LogP contribution in [0.25, 0.3) is 28.4 Å². The van der Waals surface area contributed by atoms with Gasteiger partial charge in [-0.05, 0) is 48.0 Å². The number of ether oxygens (including phenoxy) is 4. The fraction of sp³-hybridized carbons (Fsp3) is 0.250. The number of methoxy groups -OCH3 is 2. The molecular weight excluding hydrogens is 592 g/mol. The molecule has 13 heteroatoms. The molecule has 0 amide bonds. The molecule has 236 valence electrons. The highest BCUT2D eigenvalue weighted by Crippen LogP contribution is 2.45. The number of phenolic OH excluding ortho intramolecular Hbond substituents is 3. The zero-order valence-corrected chi connectivity index (χ0v) is 24.0. The highest BCUT2D eigenvalue weighted by Gasteiger charge is 2.47. The number of fused-ring (bicyclic) bond motifs is 1. The summed E-state index contributed by atoms with van der Waals surface area (Å²) in [5.74, 6) is -1.26. The largest absolute Gasteiger partial charge is 0.508 e. The average Bonchev–Trinajstić information content (AvgIpc) is 3.03. The van der Waals surface area contributed by atoms with Crippen LogP contribution in [-0.2, 0) is 14.3 Å². The summed E-state index contributed by atoms with van der Waals surface area (Å²) in [6.07, 6.45) is -5.71. The number of hydrogen-bond donors (Lipinski definition) is 6. The van der Waals surface area contributed by atoms with Crippen LogP contribution in [0.4, 0.5) is 0 Å². The van der Waals surface area contributed by atoms with E-state index in [0.717, 1.165) is 12.1 Å². The number of rotatable bonds is 8. The fourth-order valence-electron chi connectivity index (χ4n) is 5.01. The van der Waals surface area contributed by atoms with Crippen molar-refractivity contribution in [2.45, 2.75) is 30.5 Å². The van der Waals surface area contributed by atoms with Crippen LogP contribution in [0.2, 0.25) is 0 Å². The normalized spacial score (nSPS) is 21.6. The summed E-state index contributed by atoms with van der Waals surface area (Å²) in [5.41, 5.74) is 0.0963. The molecule has 1 aromatic heterocycles. The van der Waals surface area contributed by atoms with Crippen molar-refractivity contribution in [2.75, 3.05) is 20.8 Å². The van der Waals surface area contributed by atoms with Crippen molar-refractivity contribution >= 4 is 23.0 Å². The molecule has 1 fully saturated rings. The zero-order chi connectivity index (χ0) is 32.4. The molecule has 1 aliphatic rings. The molecule has 0 saturated carbocycles. The predicted molar refractivity (Wildman–Crippen MR) is 158 cm³/mol. The Morgan fingerprint density at radius 3 is 2.29 bits per heavy atom. The highest BCUT2D eigenvalue weighted by atomic mass is 16.6. The lowest BCUT2D eigenvalue weighted by Gasteiger charge is -2.41. The molecule has 0 radical (unpaired) electrons. The van der Waals surface area contributed by atoms with E-state index in [-0.39, 0.29) is 45.3 Å². The van der Waals surface area contributed by atoms with E-state index >= 15 is 0 Å². The third kappa shape index (κ3) is 6.28. The minimum absolute atomic E-state index is 0.0175.